The zero-order valence-corrected chi connectivity index (χ0v) is 18.5. The van der Waals surface area contributed by atoms with E-state index in [1.165, 1.54) is 11.1 Å². The molecule has 0 N–H and O–H groups in total. The predicted molar refractivity (Wildman–Crippen MR) is 127 cm³/mol. The van der Waals surface area contributed by atoms with E-state index in [9.17, 15) is 0 Å². The zero-order chi connectivity index (χ0) is 20.8. The van der Waals surface area contributed by atoms with Gasteiger partial charge in [0, 0.05) is 22.0 Å². The van der Waals surface area contributed by atoms with Gasteiger partial charge >= 0.3 is 0 Å². The van der Waals surface area contributed by atoms with E-state index in [0.717, 1.165) is 47.2 Å². The lowest BCUT2D eigenvalue weighted by molar-refractivity contribution is 0.798. The second-order valence-corrected chi connectivity index (χ2v) is 8.78. The first-order valence-electron chi connectivity index (χ1n) is 10.2. The fourth-order valence-corrected chi connectivity index (χ4v) is 4.56. The van der Waals surface area contributed by atoms with E-state index in [0.29, 0.717) is 5.02 Å². The molecule has 4 aromatic rings. The van der Waals surface area contributed by atoms with Crippen molar-refractivity contribution in [1.82, 2.24) is 14.8 Å². The van der Waals surface area contributed by atoms with Gasteiger partial charge in [-0.25, -0.2) is 0 Å². The number of aromatic nitrogens is 3. The summed E-state index contributed by atoms with van der Waals surface area (Å²) >= 11 is 7.99. The lowest BCUT2D eigenvalue weighted by Crippen LogP contribution is -2.00. The Hall–Kier alpha value is -2.56. The van der Waals surface area contributed by atoms with Crippen LogP contribution in [0.5, 0.6) is 0 Å². The molecule has 1 aromatic heterocycles. The number of benzene rings is 3. The highest BCUT2D eigenvalue weighted by Gasteiger charge is 2.16. The second kappa shape index (κ2) is 9.96. The van der Waals surface area contributed by atoms with Crippen molar-refractivity contribution in [2.75, 3.05) is 5.75 Å². The highest BCUT2D eigenvalue weighted by Crippen LogP contribution is 2.30. The molecule has 1 heterocycles. The van der Waals surface area contributed by atoms with Crippen molar-refractivity contribution in [3.8, 4) is 17.1 Å². The first-order valence-corrected chi connectivity index (χ1v) is 11.5. The second-order valence-electron chi connectivity index (χ2n) is 7.28. The highest BCUT2D eigenvalue weighted by molar-refractivity contribution is 7.99. The number of hydrogen-bond acceptors (Lipinski definition) is 3. The summed E-state index contributed by atoms with van der Waals surface area (Å²) in [6.07, 6.45) is 3.41. The van der Waals surface area contributed by atoms with Crippen LogP contribution in [-0.2, 0) is 6.42 Å². The van der Waals surface area contributed by atoms with Crippen LogP contribution in [0.4, 0.5) is 0 Å². The van der Waals surface area contributed by atoms with E-state index in [1.54, 1.807) is 11.8 Å². The van der Waals surface area contributed by atoms with Crippen LogP contribution in [0.2, 0.25) is 5.02 Å². The molecule has 0 radical (unpaired) electrons. The molecule has 152 valence electrons. The standard InChI is InChI=1S/C25H24ClN3S/c1-19-9-7-15-23(17-19)29-24(21-13-8-14-22(26)18-21)27-28-25(29)30-16-6-5-12-20-10-3-2-4-11-20/h2-4,7-11,13-15,17-18H,5-6,12,16H2,1H3. The molecule has 0 aliphatic rings. The van der Waals surface area contributed by atoms with E-state index in [-0.39, 0.29) is 0 Å². The third-order valence-corrected chi connectivity index (χ3v) is 6.16. The smallest absolute Gasteiger partial charge is 0.196 e. The minimum atomic E-state index is 0.696. The fraction of sp³-hybridized carbons (Fsp3) is 0.200. The Bertz CT molecular complexity index is 1110. The molecule has 0 unspecified atom stereocenters. The average Bonchev–Trinajstić information content (AvgIpc) is 3.18. The molecule has 0 amide bonds. The van der Waals surface area contributed by atoms with Crippen LogP contribution in [0.3, 0.4) is 0 Å². The van der Waals surface area contributed by atoms with E-state index >= 15 is 0 Å². The monoisotopic (exact) mass is 433 g/mol. The topological polar surface area (TPSA) is 30.7 Å². The molecule has 4 rings (SSSR count). The molecule has 0 saturated carbocycles. The molecule has 0 saturated heterocycles. The zero-order valence-electron chi connectivity index (χ0n) is 17.0. The van der Waals surface area contributed by atoms with Crippen LogP contribution in [0.15, 0.2) is 84.0 Å². The molecule has 30 heavy (non-hydrogen) atoms. The number of rotatable bonds is 8. The Morgan fingerprint density at radius 2 is 1.70 bits per heavy atom. The van der Waals surface area contributed by atoms with Gasteiger partial charge in [0.1, 0.15) is 0 Å². The van der Waals surface area contributed by atoms with Gasteiger partial charge in [-0.2, -0.15) is 0 Å². The average molecular weight is 434 g/mol. The number of halogens is 1. The summed E-state index contributed by atoms with van der Waals surface area (Å²) in [5.41, 5.74) is 4.64. The number of unbranched alkanes of at least 4 members (excludes halogenated alkanes) is 1. The number of hydrogen-bond donors (Lipinski definition) is 0. The van der Waals surface area contributed by atoms with E-state index in [1.807, 2.05) is 24.3 Å². The van der Waals surface area contributed by atoms with Crippen LogP contribution in [0.25, 0.3) is 17.1 Å². The summed E-state index contributed by atoms with van der Waals surface area (Å²) in [6.45, 7) is 2.10. The van der Waals surface area contributed by atoms with Gasteiger partial charge in [-0.1, -0.05) is 78.0 Å². The summed E-state index contributed by atoms with van der Waals surface area (Å²) in [5.74, 6) is 1.82. The van der Waals surface area contributed by atoms with Crippen LogP contribution >= 0.6 is 23.4 Å². The fourth-order valence-electron chi connectivity index (χ4n) is 3.42. The third-order valence-electron chi connectivity index (χ3n) is 4.91. The maximum atomic E-state index is 6.23. The first-order chi connectivity index (χ1) is 14.7. The molecule has 0 aliphatic carbocycles. The summed E-state index contributed by atoms with van der Waals surface area (Å²) in [6, 6.07) is 26.9. The SMILES string of the molecule is Cc1cccc(-n2c(SCCCCc3ccccc3)nnc2-c2cccc(Cl)c2)c1. The van der Waals surface area contributed by atoms with Gasteiger partial charge in [0.15, 0.2) is 11.0 Å². The maximum Gasteiger partial charge on any atom is 0.196 e. The normalized spacial score (nSPS) is 11.0. The Balaban J connectivity index is 1.52. The van der Waals surface area contributed by atoms with Crippen molar-refractivity contribution in [2.45, 2.75) is 31.3 Å². The van der Waals surface area contributed by atoms with Gasteiger partial charge in [-0.3, -0.25) is 4.57 Å². The van der Waals surface area contributed by atoms with E-state index in [2.05, 4.69) is 76.3 Å². The van der Waals surface area contributed by atoms with Crippen LogP contribution in [0, 0.1) is 6.92 Å². The van der Waals surface area contributed by atoms with Crippen molar-refractivity contribution >= 4 is 23.4 Å². The van der Waals surface area contributed by atoms with Crippen molar-refractivity contribution in [3.05, 3.63) is 95.0 Å². The summed E-state index contributed by atoms with van der Waals surface area (Å²) in [5, 5.41) is 10.6. The number of thioether (sulfide) groups is 1. The quantitative estimate of drug-likeness (QED) is 0.221. The highest BCUT2D eigenvalue weighted by atomic mass is 35.5. The van der Waals surface area contributed by atoms with E-state index < -0.39 is 0 Å². The lowest BCUT2D eigenvalue weighted by Gasteiger charge is -2.11. The van der Waals surface area contributed by atoms with Gasteiger partial charge in [-0.15, -0.1) is 10.2 Å². The Morgan fingerprint density at radius 1 is 0.867 bits per heavy atom. The molecule has 3 nitrogen and oxygen atoms in total. The predicted octanol–water partition coefficient (Wildman–Crippen LogP) is 7.01. The van der Waals surface area contributed by atoms with Crippen LogP contribution in [-0.4, -0.2) is 20.5 Å². The van der Waals surface area contributed by atoms with Crippen LogP contribution < -0.4 is 0 Å². The Labute approximate surface area is 187 Å². The molecule has 0 fully saturated rings. The Morgan fingerprint density at radius 3 is 2.50 bits per heavy atom. The largest absolute Gasteiger partial charge is 0.270 e. The van der Waals surface area contributed by atoms with Crippen molar-refractivity contribution in [2.24, 2.45) is 0 Å². The van der Waals surface area contributed by atoms with Gasteiger partial charge < -0.3 is 0 Å². The van der Waals surface area contributed by atoms with Crippen LogP contribution in [0.1, 0.15) is 24.0 Å². The van der Waals surface area contributed by atoms with Crippen molar-refractivity contribution < 1.29 is 0 Å². The minimum absolute atomic E-state index is 0.696. The summed E-state index contributed by atoms with van der Waals surface area (Å²) < 4.78 is 2.14. The number of aryl methyl sites for hydroxylation is 2. The van der Waals surface area contributed by atoms with Gasteiger partial charge in [0.05, 0.1) is 0 Å². The third kappa shape index (κ3) is 5.13. The first kappa shape index (κ1) is 20.7. The minimum Gasteiger partial charge on any atom is -0.270 e. The molecule has 0 spiro atoms. The number of nitrogens with zero attached hydrogens (tertiary/aromatic N) is 3. The molecule has 0 atom stereocenters. The van der Waals surface area contributed by atoms with Crippen molar-refractivity contribution in [1.29, 1.82) is 0 Å². The van der Waals surface area contributed by atoms with Crippen molar-refractivity contribution in [3.63, 3.8) is 0 Å². The van der Waals surface area contributed by atoms with E-state index in [4.69, 9.17) is 11.6 Å². The van der Waals surface area contributed by atoms with Gasteiger partial charge in [0.25, 0.3) is 0 Å². The molecule has 3 aromatic carbocycles. The molecular weight excluding hydrogens is 410 g/mol. The Kier molecular flexibility index (Phi) is 6.88. The van der Waals surface area contributed by atoms with Gasteiger partial charge in [-0.05, 0) is 61.6 Å². The molecule has 5 heteroatoms. The summed E-state index contributed by atoms with van der Waals surface area (Å²) in [7, 11) is 0. The lowest BCUT2D eigenvalue weighted by atomic mass is 10.1. The molecular formula is C25H24ClN3S. The van der Waals surface area contributed by atoms with Gasteiger partial charge in [0.2, 0.25) is 0 Å². The summed E-state index contributed by atoms with van der Waals surface area (Å²) in [4.78, 5) is 0. The maximum absolute atomic E-state index is 6.23. The molecule has 0 aliphatic heterocycles. The molecule has 0 bridgehead atoms.